The van der Waals surface area contributed by atoms with Gasteiger partial charge in [0.15, 0.2) is 0 Å². The summed E-state index contributed by atoms with van der Waals surface area (Å²) < 4.78 is 33.2. The van der Waals surface area contributed by atoms with Crippen molar-refractivity contribution in [3.05, 3.63) is 59.1 Å². The lowest BCUT2D eigenvalue weighted by Crippen LogP contribution is -2.48. The standard InChI is InChI=1S/C20H25ClN2O4S/c1-14(2)13-22-20(24)18(11-15-7-5-4-6-8-15)23-28(25,26)16-9-10-19(27-3)17(21)12-16/h4-10,12,14,18,23H,11,13H2,1-3H3,(H,22,24). The van der Waals surface area contributed by atoms with Crippen LogP contribution in [0, 0.1) is 5.92 Å². The molecule has 0 aromatic heterocycles. The van der Waals surface area contributed by atoms with Crippen molar-refractivity contribution in [2.45, 2.75) is 31.2 Å². The molecular formula is C20H25ClN2O4S. The van der Waals surface area contributed by atoms with Gasteiger partial charge in [-0.2, -0.15) is 4.72 Å². The molecule has 28 heavy (non-hydrogen) atoms. The molecule has 0 aliphatic rings. The fraction of sp³-hybridized carbons (Fsp3) is 0.350. The van der Waals surface area contributed by atoms with E-state index < -0.39 is 16.1 Å². The maximum absolute atomic E-state index is 12.8. The van der Waals surface area contributed by atoms with Crippen molar-refractivity contribution >= 4 is 27.5 Å². The van der Waals surface area contributed by atoms with Crippen LogP contribution in [-0.2, 0) is 21.2 Å². The van der Waals surface area contributed by atoms with E-state index in [1.807, 2.05) is 44.2 Å². The molecule has 0 saturated heterocycles. The fourth-order valence-electron chi connectivity index (χ4n) is 2.54. The van der Waals surface area contributed by atoms with Gasteiger partial charge in [0.05, 0.1) is 17.0 Å². The van der Waals surface area contributed by atoms with E-state index in [1.54, 1.807) is 0 Å². The normalized spacial score (nSPS) is 12.6. The molecule has 2 N–H and O–H groups in total. The Kier molecular flexibility index (Phi) is 7.86. The lowest BCUT2D eigenvalue weighted by atomic mass is 10.1. The molecule has 1 atom stereocenters. The monoisotopic (exact) mass is 424 g/mol. The van der Waals surface area contributed by atoms with Gasteiger partial charge in [-0.25, -0.2) is 8.42 Å². The lowest BCUT2D eigenvalue weighted by molar-refractivity contribution is -0.122. The number of nitrogens with one attached hydrogen (secondary N) is 2. The Morgan fingerprint density at radius 1 is 1.14 bits per heavy atom. The Morgan fingerprint density at radius 3 is 2.39 bits per heavy atom. The highest BCUT2D eigenvalue weighted by Gasteiger charge is 2.26. The summed E-state index contributed by atoms with van der Waals surface area (Å²) in [4.78, 5) is 12.6. The summed E-state index contributed by atoms with van der Waals surface area (Å²) in [6.07, 6.45) is 0.230. The zero-order valence-electron chi connectivity index (χ0n) is 16.1. The van der Waals surface area contributed by atoms with Gasteiger partial charge in [0.25, 0.3) is 0 Å². The van der Waals surface area contributed by atoms with Crippen LogP contribution in [0.5, 0.6) is 5.75 Å². The third-order valence-electron chi connectivity index (χ3n) is 4.01. The largest absolute Gasteiger partial charge is 0.495 e. The number of rotatable bonds is 9. The highest BCUT2D eigenvalue weighted by atomic mass is 35.5. The molecule has 2 aromatic carbocycles. The second kappa shape index (κ2) is 9.91. The van der Waals surface area contributed by atoms with Crippen LogP contribution < -0.4 is 14.8 Å². The number of hydrogen-bond donors (Lipinski definition) is 2. The molecule has 0 radical (unpaired) electrons. The second-order valence-corrected chi connectivity index (χ2v) is 8.92. The maximum Gasteiger partial charge on any atom is 0.241 e. The average Bonchev–Trinajstić information content (AvgIpc) is 2.66. The van der Waals surface area contributed by atoms with E-state index in [2.05, 4.69) is 10.0 Å². The number of ether oxygens (including phenoxy) is 1. The number of benzene rings is 2. The molecule has 0 aliphatic carbocycles. The van der Waals surface area contributed by atoms with Crippen LogP contribution in [0.1, 0.15) is 19.4 Å². The molecule has 0 saturated carbocycles. The van der Waals surface area contributed by atoms with Gasteiger partial charge in [-0.15, -0.1) is 0 Å². The first-order valence-electron chi connectivity index (χ1n) is 8.90. The van der Waals surface area contributed by atoms with E-state index in [-0.39, 0.29) is 28.2 Å². The van der Waals surface area contributed by atoms with Crippen molar-refractivity contribution < 1.29 is 17.9 Å². The van der Waals surface area contributed by atoms with E-state index in [4.69, 9.17) is 16.3 Å². The minimum absolute atomic E-state index is 0.0342. The van der Waals surface area contributed by atoms with Crippen molar-refractivity contribution in [3.8, 4) is 5.75 Å². The summed E-state index contributed by atoms with van der Waals surface area (Å²) in [5.41, 5.74) is 0.850. The van der Waals surface area contributed by atoms with Gasteiger partial charge in [-0.1, -0.05) is 55.8 Å². The minimum Gasteiger partial charge on any atom is -0.495 e. The number of sulfonamides is 1. The van der Waals surface area contributed by atoms with Crippen molar-refractivity contribution in [1.29, 1.82) is 0 Å². The number of carbonyl (C=O) groups is 1. The first-order chi connectivity index (χ1) is 13.2. The second-order valence-electron chi connectivity index (χ2n) is 6.80. The molecule has 0 fully saturated rings. The molecule has 1 unspecified atom stereocenters. The summed E-state index contributed by atoms with van der Waals surface area (Å²) in [6, 6.07) is 12.5. The van der Waals surface area contributed by atoms with Crippen LogP contribution in [0.2, 0.25) is 5.02 Å². The zero-order chi connectivity index (χ0) is 20.7. The summed E-state index contributed by atoms with van der Waals surface area (Å²) in [7, 11) is -2.51. The smallest absolute Gasteiger partial charge is 0.241 e. The van der Waals surface area contributed by atoms with Crippen LogP contribution in [0.25, 0.3) is 0 Å². The van der Waals surface area contributed by atoms with Crippen molar-refractivity contribution in [1.82, 2.24) is 10.0 Å². The number of amides is 1. The summed E-state index contributed by atoms with van der Waals surface area (Å²) >= 11 is 6.05. The Labute approximate surface area is 171 Å². The van der Waals surface area contributed by atoms with Crippen molar-refractivity contribution in [2.75, 3.05) is 13.7 Å². The fourth-order valence-corrected chi connectivity index (χ4v) is 4.08. The molecule has 0 aliphatic heterocycles. The molecule has 2 rings (SSSR count). The van der Waals surface area contributed by atoms with Gasteiger partial charge in [0.1, 0.15) is 11.8 Å². The first-order valence-corrected chi connectivity index (χ1v) is 10.8. The van der Waals surface area contributed by atoms with Gasteiger partial charge in [-0.05, 0) is 36.1 Å². The van der Waals surface area contributed by atoms with E-state index in [9.17, 15) is 13.2 Å². The third-order valence-corrected chi connectivity index (χ3v) is 5.78. The molecule has 6 nitrogen and oxygen atoms in total. The maximum atomic E-state index is 12.8. The topological polar surface area (TPSA) is 84.5 Å². The summed E-state index contributed by atoms with van der Waals surface area (Å²) in [6.45, 7) is 4.40. The van der Waals surface area contributed by atoms with Gasteiger partial charge >= 0.3 is 0 Å². The van der Waals surface area contributed by atoms with Gasteiger partial charge in [0, 0.05) is 6.54 Å². The van der Waals surface area contributed by atoms with Gasteiger partial charge in [-0.3, -0.25) is 4.79 Å². The van der Waals surface area contributed by atoms with Gasteiger partial charge in [0.2, 0.25) is 15.9 Å². The number of halogens is 1. The highest BCUT2D eigenvalue weighted by molar-refractivity contribution is 7.89. The highest BCUT2D eigenvalue weighted by Crippen LogP contribution is 2.27. The Bertz CT molecular complexity index is 902. The molecular weight excluding hydrogens is 400 g/mol. The molecule has 8 heteroatoms. The van der Waals surface area contributed by atoms with Gasteiger partial charge < -0.3 is 10.1 Å². The number of hydrogen-bond acceptors (Lipinski definition) is 4. The van der Waals surface area contributed by atoms with Crippen LogP contribution in [0.4, 0.5) is 0 Å². The molecule has 0 bridgehead atoms. The predicted octanol–water partition coefficient (Wildman–Crippen LogP) is 3.01. The average molecular weight is 425 g/mol. The van der Waals surface area contributed by atoms with Crippen LogP contribution in [0.3, 0.4) is 0 Å². The van der Waals surface area contributed by atoms with E-state index in [1.165, 1.54) is 25.3 Å². The SMILES string of the molecule is COc1ccc(S(=O)(=O)NC(Cc2ccccc2)C(=O)NCC(C)C)cc1Cl. The molecule has 2 aromatic rings. The summed E-state index contributed by atoms with van der Waals surface area (Å²) in [5, 5.41) is 2.97. The molecule has 0 heterocycles. The zero-order valence-corrected chi connectivity index (χ0v) is 17.7. The van der Waals surface area contributed by atoms with E-state index in [0.717, 1.165) is 5.56 Å². The van der Waals surface area contributed by atoms with Crippen molar-refractivity contribution in [3.63, 3.8) is 0 Å². The third kappa shape index (κ3) is 6.22. The molecule has 1 amide bonds. The predicted molar refractivity (Wildman–Crippen MR) is 110 cm³/mol. The lowest BCUT2D eigenvalue weighted by Gasteiger charge is -2.20. The van der Waals surface area contributed by atoms with E-state index in [0.29, 0.717) is 12.3 Å². The number of methoxy groups -OCH3 is 1. The Balaban J connectivity index is 2.26. The van der Waals surface area contributed by atoms with Crippen molar-refractivity contribution in [2.24, 2.45) is 5.92 Å². The molecule has 152 valence electrons. The summed E-state index contributed by atoms with van der Waals surface area (Å²) in [5.74, 6) is 0.246. The Morgan fingerprint density at radius 2 is 1.82 bits per heavy atom. The van der Waals surface area contributed by atoms with E-state index >= 15 is 0 Å². The Hall–Kier alpha value is -2.09. The van der Waals surface area contributed by atoms with Crippen LogP contribution >= 0.6 is 11.6 Å². The first kappa shape index (κ1) is 22.2. The number of carbonyl (C=O) groups excluding carboxylic acids is 1. The minimum atomic E-state index is -3.96. The van der Waals surface area contributed by atoms with Crippen LogP contribution in [0.15, 0.2) is 53.4 Å². The quantitative estimate of drug-likeness (QED) is 0.648. The van der Waals surface area contributed by atoms with Crippen LogP contribution in [-0.4, -0.2) is 34.0 Å². The molecule has 0 spiro atoms.